The van der Waals surface area contributed by atoms with Crippen LogP contribution in [0.5, 0.6) is 0 Å². The summed E-state index contributed by atoms with van der Waals surface area (Å²) in [5.41, 5.74) is 3.92. The van der Waals surface area contributed by atoms with E-state index in [0.29, 0.717) is 6.61 Å². The average molecular weight is 348 g/mol. The summed E-state index contributed by atoms with van der Waals surface area (Å²) in [6.07, 6.45) is 2.72. The zero-order chi connectivity index (χ0) is 15.1. The summed E-state index contributed by atoms with van der Waals surface area (Å²) in [6.45, 7) is 6.49. The van der Waals surface area contributed by atoms with E-state index in [-0.39, 0.29) is 12.1 Å². The van der Waals surface area contributed by atoms with Gasteiger partial charge in [0.15, 0.2) is 0 Å². The zero-order valence-corrected chi connectivity index (χ0v) is 14.4. The number of hydrogen-bond acceptors (Lipinski definition) is 5. The lowest BCUT2D eigenvalue weighted by Crippen LogP contribution is -2.39. The van der Waals surface area contributed by atoms with Crippen LogP contribution >= 0.6 is 15.9 Å². The summed E-state index contributed by atoms with van der Waals surface area (Å²) in [5.74, 6) is 5.76. The summed E-state index contributed by atoms with van der Waals surface area (Å²) < 4.78 is 8.73. The molecule has 3 N–H and O–H groups in total. The van der Waals surface area contributed by atoms with Gasteiger partial charge < -0.3 is 9.64 Å². The molecule has 1 aromatic rings. The smallest absolute Gasteiger partial charge is 0.0901 e. The van der Waals surface area contributed by atoms with Crippen LogP contribution < -0.4 is 11.3 Å². The summed E-state index contributed by atoms with van der Waals surface area (Å²) in [5, 5.41) is 4.43. The predicted molar refractivity (Wildman–Crippen MR) is 84.3 cm³/mol. The Labute approximate surface area is 129 Å². The Kier molecular flexibility index (Phi) is 7.68. The van der Waals surface area contributed by atoms with E-state index in [1.54, 1.807) is 0 Å². The van der Waals surface area contributed by atoms with Gasteiger partial charge in [-0.05, 0) is 43.4 Å². The zero-order valence-electron chi connectivity index (χ0n) is 12.8. The topological polar surface area (TPSA) is 68.3 Å². The molecule has 7 heteroatoms. The van der Waals surface area contributed by atoms with Crippen molar-refractivity contribution in [2.75, 3.05) is 27.2 Å². The maximum atomic E-state index is 5.79. The quantitative estimate of drug-likeness (QED) is 0.523. The minimum atomic E-state index is -0.0843. The maximum Gasteiger partial charge on any atom is 0.0901 e. The summed E-state index contributed by atoms with van der Waals surface area (Å²) in [4.78, 5) is 2.13. The Morgan fingerprint density at radius 1 is 1.50 bits per heavy atom. The van der Waals surface area contributed by atoms with Gasteiger partial charge in [-0.3, -0.25) is 10.5 Å². The SMILES string of the molecule is CCOC(CC)C(NN)c1c(Br)cnn1CCN(C)C. The third-order valence-corrected chi connectivity index (χ3v) is 3.83. The molecule has 116 valence electrons. The van der Waals surface area contributed by atoms with Crippen LogP contribution in [-0.4, -0.2) is 48.0 Å². The molecule has 0 spiro atoms. The van der Waals surface area contributed by atoms with Crippen LogP contribution in [0.4, 0.5) is 0 Å². The van der Waals surface area contributed by atoms with Crippen molar-refractivity contribution in [3.63, 3.8) is 0 Å². The van der Waals surface area contributed by atoms with Crippen LogP contribution in [0.1, 0.15) is 32.0 Å². The van der Waals surface area contributed by atoms with Crippen LogP contribution in [0.2, 0.25) is 0 Å². The lowest BCUT2D eigenvalue weighted by molar-refractivity contribution is 0.0288. The Balaban J connectivity index is 2.98. The van der Waals surface area contributed by atoms with Crippen molar-refractivity contribution in [3.05, 3.63) is 16.4 Å². The van der Waals surface area contributed by atoms with E-state index in [4.69, 9.17) is 10.6 Å². The van der Waals surface area contributed by atoms with Crippen molar-refractivity contribution in [2.45, 2.75) is 39.0 Å². The van der Waals surface area contributed by atoms with Crippen molar-refractivity contribution >= 4 is 15.9 Å². The second-order valence-electron chi connectivity index (χ2n) is 4.95. The second-order valence-corrected chi connectivity index (χ2v) is 5.80. The van der Waals surface area contributed by atoms with Gasteiger partial charge in [-0.2, -0.15) is 5.10 Å². The molecular formula is C13H26BrN5O. The Morgan fingerprint density at radius 3 is 2.70 bits per heavy atom. The number of nitrogens with two attached hydrogens (primary N) is 1. The molecule has 1 rings (SSSR count). The van der Waals surface area contributed by atoms with E-state index in [1.165, 1.54) is 0 Å². The van der Waals surface area contributed by atoms with Gasteiger partial charge in [-0.15, -0.1) is 0 Å². The minimum Gasteiger partial charge on any atom is -0.376 e. The molecule has 2 unspecified atom stereocenters. The molecule has 0 bridgehead atoms. The van der Waals surface area contributed by atoms with Gasteiger partial charge in [-0.1, -0.05) is 6.92 Å². The first kappa shape index (κ1) is 17.6. The minimum absolute atomic E-state index is 0.0242. The number of aromatic nitrogens is 2. The Morgan fingerprint density at radius 2 is 2.20 bits per heavy atom. The van der Waals surface area contributed by atoms with Crippen LogP contribution in [-0.2, 0) is 11.3 Å². The lowest BCUT2D eigenvalue weighted by Gasteiger charge is -2.27. The van der Waals surface area contributed by atoms with Crippen molar-refractivity contribution in [2.24, 2.45) is 5.84 Å². The first-order valence-corrected chi connectivity index (χ1v) is 7.78. The Bertz CT molecular complexity index is 396. The number of ether oxygens (including phenoxy) is 1. The lowest BCUT2D eigenvalue weighted by atomic mass is 10.1. The van der Waals surface area contributed by atoms with Gasteiger partial charge in [0.1, 0.15) is 0 Å². The predicted octanol–water partition coefficient (Wildman–Crippen LogP) is 1.53. The summed E-state index contributed by atoms with van der Waals surface area (Å²) in [6, 6.07) is -0.0843. The third kappa shape index (κ3) is 4.53. The van der Waals surface area contributed by atoms with E-state index in [2.05, 4.69) is 38.3 Å². The number of hydrogen-bond donors (Lipinski definition) is 2. The summed E-state index contributed by atoms with van der Waals surface area (Å²) >= 11 is 3.57. The highest BCUT2D eigenvalue weighted by Gasteiger charge is 2.27. The van der Waals surface area contributed by atoms with Gasteiger partial charge in [-0.25, -0.2) is 5.43 Å². The molecule has 1 heterocycles. The van der Waals surface area contributed by atoms with Crippen molar-refractivity contribution in [3.8, 4) is 0 Å². The van der Waals surface area contributed by atoms with Gasteiger partial charge in [0.25, 0.3) is 0 Å². The Hall–Kier alpha value is -0.470. The fourth-order valence-corrected chi connectivity index (χ4v) is 2.72. The van der Waals surface area contributed by atoms with Gasteiger partial charge in [0.05, 0.1) is 35.1 Å². The molecule has 0 aliphatic carbocycles. The number of nitrogens with zero attached hydrogens (tertiary/aromatic N) is 3. The monoisotopic (exact) mass is 347 g/mol. The molecule has 0 saturated heterocycles. The van der Waals surface area contributed by atoms with E-state index >= 15 is 0 Å². The highest BCUT2D eigenvalue weighted by Crippen LogP contribution is 2.28. The highest BCUT2D eigenvalue weighted by atomic mass is 79.9. The van der Waals surface area contributed by atoms with Crippen molar-refractivity contribution in [1.82, 2.24) is 20.1 Å². The molecule has 0 saturated carbocycles. The number of rotatable bonds is 9. The van der Waals surface area contributed by atoms with Crippen LogP contribution in [0, 0.1) is 0 Å². The molecule has 0 aromatic carbocycles. The van der Waals surface area contributed by atoms with Gasteiger partial charge in [0, 0.05) is 13.2 Å². The van der Waals surface area contributed by atoms with E-state index in [1.807, 2.05) is 31.9 Å². The normalized spacial score (nSPS) is 14.8. The molecule has 20 heavy (non-hydrogen) atoms. The third-order valence-electron chi connectivity index (χ3n) is 3.22. The molecule has 0 amide bonds. The molecular weight excluding hydrogens is 322 g/mol. The molecule has 0 aliphatic heterocycles. The first-order chi connectivity index (χ1) is 9.54. The van der Waals surface area contributed by atoms with Gasteiger partial charge in [0.2, 0.25) is 0 Å². The standard InChI is InChI=1S/C13H26BrN5O/c1-5-11(20-6-2)12(17-15)13-10(14)9-16-19(13)8-7-18(3)4/h9,11-12,17H,5-8,15H2,1-4H3. The molecule has 6 nitrogen and oxygen atoms in total. The second kappa shape index (κ2) is 8.74. The average Bonchev–Trinajstić information content (AvgIpc) is 2.78. The number of likely N-dealkylation sites (N-methyl/N-ethyl adjacent to an activating group) is 1. The van der Waals surface area contributed by atoms with E-state index < -0.39 is 0 Å². The van der Waals surface area contributed by atoms with Crippen LogP contribution in [0.25, 0.3) is 0 Å². The number of hydrazine groups is 1. The van der Waals surface area contributed by atoms with Crippen molar-refractivity contribution in [1.29, 1.82) is 0 Å². The highest BCUT2D eigenvalue weighted by molar-refractivity contribution is 9.10. The first-order valence-electron chi connectivity index (χ1n) is 6.98. The van der Waals surface area contributed by atoms with E-state index in [0.717, 1.165) is 29.7 Å². The summed E-state index contributed by atoms with van der Waals surface area (Å²) in [7, 11) is 4.10. The molecule has 0 radical (unpaired) electrons. The van der Waals surface area contributed by atoms with Crippen molar-refractivity contribution < 1.29 is 4.74 Å². The van der Waals surface area contributed by atoms with Crippen LogP contribution in [0.15, 0.2) is 10.7 Å². The number of nitrogens with one attached hydrogen (secondary N) is 1. The molecule has 0 aliphatic rings. The fraction of sp³-hybridized carbons (Fsp3) is 0.769. The van der Waals surface area contributed by atoms with E-state index in [9.17, 15) is 0 Å². The molecule has 1 aromatic heterocycles. The fourth-order valence-electron chi connectivity index (χ4n) is 2.18. The largest absolute Gasteiger partial charge is 0.376 e. The van der Waals surface area contributed by atoms with Crippen LogP contribution in [0.3, 0.4) is 0 Å². The van der Waals surface area contributed by atoms with Gasteiger partial charge >= 0.3 is 0 Å². The number of halogens is 1. The molecule has 0 fully saturated rings. The molecule has 2 atom stereocenters. The maximum absolute atomic E-state index is 5.79.